The summed E-state index contributed by atoms with van der Waals surface area (Å²) < 4.78 is 26.7. The Balaban J connectivity index is 1.18. The van der Waals surface area contributed by atoms with E-state index in [0.717, 1.165) is 5.56 Å². The Morgan fingerprint density at radius 3 is 2.44 bits per heavy atom. The molecule has 0 unspecified atom stereocenters. The molecule has 1 heterocycles. The van der Waals surface area contributed by atoms with Crippen LogP contribution < -0.4 is 20.7 Å². The summed E-state index contributed by atoms with van der Waals surface area (Å²) in [5.74, 6) is -1.46. The highest BCUT2D eigenvalue weighted by Crippen LogP contribution is 2.29. The van der Waals surface area contributed by atoms with Gasteiger partial charge in [-0.1, -0.05) is 18.2 Å². The third-order valence-electron chi connectivity index (χ3n) is 6.89. The summed E-state index contributed by atoms with van der Waals surface area (Å²) in [6.07, 6.45) is -0.0238. The van der Waals surface area contributed by atoms with Crippen molar-refractivity contribution >= 4 is 56.2 Å². The number of hydrogen-bond donors (Lipinski definition) is 4. The maximum absolute atomic E-state index is 15.0. The van der Waals surface area contributed by atoms with Crippen LogP contribution in [0.1, 0.15) is 28.4 Å². The number of carboxylic acid groups (broad SMARTS) is 1. The maximum Gasteiger partial charge on any atom is 0.325 e. The van der Waals surface area contributed by atoms with Gasteiger partial charge < -0.3 is 30.2 Å². The van der Waals surface area contributed by atoms with Gasteiger partial charge >= 0.3 is 5.97 Å². The topological polar surface area (TPSA) is 143 Å². The molecule has 230 valence electrons. The van der Waals surface area contributed by atoms with Crippen LogP contribution in [0.5, 0.6) is 5.75 Å². The number of carbonyl (C=O) groups is 3. The normalized spacial score (nSPS) is 11.6. The van der Waals surface area contributed by atoms with Crippen molar-refractivity contribution in [2.24, 2.45) is 0 Å². The van der Waals surface area contributed by atoms with Crippen molar-refractivity contribution in [3.8, 4) is 17.2 Å². The smallest absolute Gasteiger partial charge is 0.325 e. The lowest BCUT2D eigenvalue weighted by molar-refractivity contribution is -0.141. The summed E-state index contributed by atoms with van der Waals surface area (Å²) in [6.45, 7) is 1.73. The van der Waals surface area contributed by atoms with Crippen LogP contribution in [0.25, 0.3) is 22.6 Å². The Labute approximate surface area is 265 Å². The average molecular weight is 676 g/mol. The van der Waals surface area contributed by atoms with Gasteiger partial charge in [-0.2, -0.15) is 0 Å². The van der Waals surface area contributed by atoms with Crippen molar-refractivity contribution in [3.05, 3.63) is 106 Å². The van der Waals surface area contributed by atoms with Gasteiger partial charge in [-0.05, 0) is 94.6 Å². The molecule has 5 rings (SSSR count). The highest BCUT2D eigenvalue weighted by Gasteiger charge is 2.16. The number of carbonyl (C=O) groups excluding carboxylic acids is 2. The van der Waals surface area contributed by atoms with Gasteiger partial charge in [0.05, 0.1) is 23.7 Å². The van der Waals surface area contributed by atoms with Crippen LogP contribution in [0.4, 0.5) is 15.8 Å². The van der Waals surface area contributed by atoms with Gasteiger partial charge in [0.15, 0.2) is 5.58 Å². The minimum Gasteiger partial charge on any atom is -0.496 e. The molecule has 45 heavy (non-hydrogen) atoms. The lowest BCUT2D eigenvalue weighted by Crippen LogP contribution is -2.39. The molecule has 0 radical (unpaired) electrons. The number of amides is 2. The van der Waals surface area contributed by atoms with Crippen molar-refractivity contribution in [1.29, 1.82) is 0 Å². The molecule has 0 saturated heterocycles. The fraction of sp³-hybridized carbons (Fsp3) is 0.152. The minimum absolute atomic E-state index is 0.0238. The third-order valence-corrected chi connectivity index (χ3v) is 7.51. The Morgan fingerprint density at radius 1 is 1.00 bits per heavy atom. The second kappa shape index (κ2) is 13.6. The van der Waals surface area contributed by atoms with E-state index >= 15 is 4.39 Å². The molecule has 10 nitrogen and oxygen atoms in total. The largest absolute Gasteiger partial charge is 0.496 e. The number of carboxylic acids is 1. The van der Waals surface area contributed by atoms with E-state index in [4.69, 9.17) is 14.3 Å². The molecule has 0 bridgehead atoms. The molecule has 4 N–H and O–H groups in total. The minimum atomic E-state index is -1.12. The zero-order valence-electron chi connectivity index (χ0n) is 24.2. The lowest BCUT2D eigenvalue weighted by Gasteiger charge is -2.10. The van der Waals surface area contributed by atoms with Gasteiger partial charge in [0.2, 0.25) is 11.8 Å². The van der Waals surface area contributed by atoms with E-state index in [9.17, 15) is 14.4 Å². The molecule has 0 aliphatic rings. The average Bonchev–Trinajstić information content (AvgIpc) is 3.44. The predicted molar refractivity (Wildman–Crippen MR) is 171 cm³/mol. The summed E-state index contributed by atoms with van der Waals surface area (Å²) in [5, 5.41) is 17.3. The van der Waals surface area contributed by atoms with E-state index in [2.05, 4.69) is 36.9 Å². The van der Waals surface area contributed by atoms with Crippen molar-refractivity contribution in [2.75, 3.05) is 17.7 Å². The number of nitrogens with one attached hydrogen (secondary N) is 3. The van der Waals surface area contributed by atoms with Crippen LogP contribution >= 0.6 is 15.9 Å². The number of anilines is 2. The molecule has 12 heteroatoms. The molecule has 1 atom stereocenters. The quantitative estimate of drug-likeness (QED) is 0.126. The SMILES string of the molecule is COc1ccc(C(=O)Nc2ccc(CNc3ccc(-c4nc5cc(CC(=O)N[C@@H](C)C(=O)O)ccc5o4)cc3F)cc2)cc1Br. The summed E-state index contributed by atoms with van der Waals surface area (Å²) in [4.78, 5) is 40.2. The molecule has 0 aliphatic carbocycles. The number of halogens is 2. The van der Waals surface area contributed by atoms with E-state index in [0.29, 0.717) is 55.9 Å². The van der Waals surface area contributed by atoms with Crippen molar-refractivity contribution in [1.82, 2.24) is 10.3 Å². The first-order valence-electron chi connectivity index (χ1n) is 13.8. The molecule has 1 aromatic heterocycles. The highest BCUT2D eigenvalue weighted by molar-refractivity contribution is 9.10. The Morgan fingerprint density at radius 2 is 1.76 bits per heavy atom. The summed E-state index contributed by atoms with van der Waals surface area (Å²) in [7, 11) is 1.55. The molecular weight excluding hydrogens is 647 g/mol. The summed E-state index contributed by atoms with van der Waals surface area (Å²) >= 11 is 3.38. The van der Waals surface area contributed by atoms with Gasteiger partial charge in [0.25, 0.3) is 5.91 Å². The van der Waals surface area contributed by atoms with Gasteiger partial charge in [-0.15, -0.1) is 0 Å². The Bertz CT molecular complexity index is 1890. The van der Waals surface area contributed by atoms with E-state index in [1.54, 1.807) is 67.8 Å². The van der Waals surface area contributed by atoms with Gasteiger partial charge in [0, 0.05) is 23.4 Å². The van der Waals surface area contributed by atoms with Gasteiger partial charge in [0.1, 0.15) is 23.1 Å². The van der Waals surface area contributed by atoms with Crippen LogP contribution in [0.2, 0.25) is 0 Å². The monoisotopic (exact) mass is 674 g/mol. The molecule has 0 aliphatic heterocycles. The second-order valence-corrected chi connectivity index (χ2v) is 11.0. The number of hydrogen-bond acceptors (Lipinski definition) is 7. The molecule has 0 saturated carbocycles. The number of rotatable bonds is 11. The lowest BCUT2D eigenvalue weighted by atomic mass is 10.1. The zero-order valence-corrected chi connectivity index (χ0v) is 25.8. The number of benzene rings is 4. The number of methoxy groups -OCH3 is 1. The fourth-order valence-corrected chi connectivity index (χ4v) is 4.99. The van der Waals surface area contributed by atoms with Crippen LogP contribution in [0.3, 0.4) is 0 Å². The number of ether oxygens (including phenoxy) is 1. The van der Waals surface area contributed by atoms with E-state index in [1.807, 2.05) is 12.1 Å². The molecular formula is C33H28BrFN4O6. The summed E-state index contributed by atoms with van der Waals surface area (Å²) in [5.41, 5.74) is 4.28. The third kappa shape index (κ3) is 7.65. The van der Waals surface area contributed by atoms with Gasteiger partial charge in [-0.25, -0.2) is 9.37 Å². The van der Waals surface area contributed by atoms with Crippen molar-refractivity contribution in [2.45, 2.75) is 25.9 Å². The van der Waals surface area contributed by atoms with Crippen LogP contribution in [0.15, 0.2) is 87.8 Å². The Kier molecular flexibility index (Phi) is 9.43. The first-order valence-corrected chi connectivity index (χ1v) is 14.6. The molecule has 4 aromatic carbocycles. The Hall–Kier alpha value is -5.23. The molecule has 2 amide bonds. The molecule has 0 fully saturated rings. The number of oxazole rings is 1. The van der Waals surface area contributed by atoms with Crippen molar-refractivity contribution in [3.63, 3.8) is 0 Å². The first-order chi connectivity index (χ1) is 21.6. The number of aromatic nitrogens is 1. The maximum atomic E-state index is 15.0. The standard InChI is InChI=1S/C33H28BrFN4O6/c1-18(33(42)43)37-30(40)14-20-5-11-29-27(13-20)39-32(45-29)22-6-10-26(25(35)16-22)36-17-19-3-8-23(9-4-19)38-31(41)21-7-12-28(44-2)24(34)15-21/h3-13,15-16,18,36H,14,17H2,1-2H3,(H,37,40)(H,38,41)(H,42,43)/t18-/m0/s1. The summed E-state index contributed by atoms with van der Waals surface area (Å²) in [6, 6.07) is 20.9. The van der Waals surface area contributed by atoms with E-state index in [-0.39, 0.29) is 18.2 Å². The number of aliphatic carboxylic acids is 1. The number of fused-ring (bicyclic) bond motifs is 1. The molecule has 0 spiro atoms. The van der Waals surface area contributed by atoms with Crippen LogP contribution in [0, 0.1) is 5.82 Å². The highest BCUT2D eigenvalue weighted by atomic mass is 79.9. The van der Waals surface area contributed by atoms with E-state index < -0.39 is 23.7 Å². The van der Waals surface area contributed by atoms with Gasteiger partial charge in [-0.3, -0.25) is 14.4 Å². The fourth-order valence-electron chi connectivity index (χ4n) is 4.45. The first kappa shape index (κ1) is 31.2. The molecule has 5 aromatic rings. The van der Waals surface area contributed by atoms with E-state index in [1.165, 1.54) is 13.0 Å². The number of nitrogens with zero attached hydrogens (tertiary/aromatic N) is 1. The van der Waals surface area contributed by atoms with Crippen molar-refractivity contribution < 1.29 is 33.0 Å². The second-order valence-electron chi connectivity index (χ2n) is 10.2. The zero-order chi connectivity index (χ0) is 32.1. The van der Waals surface area contributed by atoms with Crippen LogP contribution in [-0.4, -0.2) is 41.0 Å². The van der Waals surface area contributed by atoms with Crippen LogP contribution in [-0.2, 0) is 22.6 Å². The predicted octanol–water partition coefficient (Wildman–Crippen LogP) is 6.40.